The number of non-ortho nitro benzene ring substituents is 1. The molecule has 0 aliphatic heterocycles. The molecule has 0 fully saturated rings. The Balaban J connectivity index is 1.85. The molecule has 3 N–H and O–H groups in total. The van der Waals surface area contributed by atoms with E-state index in [-0.39, 0.29) is 23.5 Å². The van der Waals surface area contributed by atoms with E-state index in [1.54, 1.807) is 6.07 Å². The first-order valence-corrected chi connectivity index (χ1v) is 6.79. The summed E-state index contributed by atoms with van der Waals surface area (Å²) in [7, 11) is 0. The van der Waals surface area contributed by atoms with Crippen LogP contribution in [-0.4, -0.2) is 23.3 Å². The van der Waals surface area contributed by atoms with Crippen molar-refractivity contribution in [1.29, 1.82) is 0 Å². The molecule has 0 spiro atoms. The lowest BCUT2D eigenvalue weighted by atomic mass is 10.2. The Hall–Kier alpha value is -3.49. The predicted molar refractivity (Wildman–Crippen MR) is 83.6 cm³/mol. The van der Waals surface area contributed by atoms with Crippen LogP contribution in [-0.2, 0) is 4.79 Å². The standard InChI is InChI=1S/C15H13FN4O4/c16-12-6-1-2-7-13(12)17-9-14(21)18-19-15(22)10-4-3-5-11(8-10)20(23)24/h1-8,17H,9H2,(H,18,21)(H,19,22). The zero-order chi connectivity index (χ0) is 17.5. The molecule has 0 bridgehead atoms. The largest absolute Gasteiger partial charge is 0.374 e. The molecule has 0 aliphatic carbocycles. The molecule has 2 aromatic carbocycles. The second-order valence-corrected chi connectivity index (χ2v) is 4.64. The molecule has 0 unspecified atom stereocenters. The van der Waals surface area contributed by atoms with Gasteiger partial charge in [0.1, 0.15) is 5.82 Å². The average Bonchev–Trinajstić information content (AvgIpc) is 2.59. The smallest absolute Gasteiger partial charge is 0.270 e. The monoisotopic (exact) mass is 332 g/mol. The summed E-state index contributed by atoms with van der Waals surface area (Å²) >= 11 is 0. The van der Waals surface area contributed by atoms with Gasteiger partial charge in [-0.05, 0) is 18.2 Å². The van der Waals surface area contributed by atoms with Gasteiger partial charge in [0, 0.05) is 17.7 Å². The lowest BCUT2D eigenvalue weighted by molar-refractivity contribution is -0.384. The van der Waals surface area contributed by atoms with Crippen LogP contribution in [0.15, 0.2) is 48.5 Å². The number of anilines is 1. The third-order valence-electron chi connectivity index (χ3n) is 2.95. The van der Waals surface area contributed by atoms with Crippen LogP contribution < -0.4 is 16.2 Å². The van der Waals surface area contributed by atoms with Gasteiger partial charge < -0.3 is 5.32 Å². The van der Waals surface area contributed by atoms with Crippen LogP contribution in [0.3, 0.4) is 0 Å². The van der Waals surface area contributed by atoms with E-state index in [2.05, 4.69) is 16.2 Å². The van der Waals surface area contributed by atoms with E-state index in [0.29, 0.717) is 0 Å². The highest BCUT2D eigenvalue weighted by Crippen LogP contribution is 2.13. The predicted octanol–water partition coefficient (Wildman–Crippen LogP) is 1.61. The third kappa shape index (κ3) is 4.50. The van der Waals surface area contributed by atoms with Gasteiger partial charge in [-0.3, -0.25) is 30.6 Å². The third-order valence-corrected chi connectivity index (χ3v) is 2.95. The van der Waals surface area contributed by atoms with Crippen molar-refractivity contribution in [2.24, 2.45) is 0 Å². The van der Waals surface area contributed by atoms with Gasteiger partial charge in [0.05, 0.1) is 17.2 Å². The van der Waals surface area contributed by atoms with Crippen LogP contribution >= 0.6 is 0 Å². The number of amides is 2. The van der Waals surface area contributed by atoms with Gasteiger partial charge in [-0.1, -0.05) is 18.2 Å². The van der Waals surface area contributed by atoms with E-state index in [1.165, 1.54) is 36.4 Å². The Morgan fingerprint density at radius 2 is 1.83 bits per heavy atom. The molecule has 2 aromatic rings. The summed E-state index contributed by atoms with van der Waals surface area (Å²) in [4.78, 5) is 33.5. The summed E-state index contributed by atoms with van der Waals surface area (Å²) in [5.74, 6) is -1.83. The molecule has 124 valence electrons. The number of benzene rings is 2. The molecule has 2 amide bonds. The maximum absolute atomic E-state index is 13.4. The maximum atomic E-state index is 13.4. The number of hydrogen-bond donors (Lipinski definition) is 3. The number of carbonyl (C=O) groups excluding carboxylic acids is 2. The number of nitrogens with zero attached hydrogens (tertiary/aromatic N) is 1. The molecule has 0 radical (unpaired) electrons. The summed E-state index contributed by atoms with van der Waals surface area (Å²) in [6.07, 6.45) is 0. The SMILES string of the molecule is O=C(CNc1ccccc1F)NNC(=O)c1cccc([N+](=O)[O-])c1. The average molecular weight is 332 g/mol. The molecule has 0 aliphatic rings. The molecule has 0 heterocycles. The van der Waals surface area contributed by atoms with Crippen molar-refractivity contribution < 1.29 is 18.9 Å². The zero-order valence-corrected chi connectivity index (χ0v) is 12.3. The summed E-state index contributed by atoms with van der Waals surface area (Å²) < 4.78 is 13.4. The maximum Gasteiger partial charge on any atom is 0.270 e. The highest BCUT2D eigenvalue weighted by atomic mass is 19.1. The lowest BCUT2D eigenvalue weighted by Gasteiger charge is -2.09. The molecule has 8 nitrogen and oxygen atoms in total. The lowest BCUT2D eigenvalue weighted by Crippen LogP contribution is -2.44. The van der Waals surface area contributed by atoms with Crippen molar-refractivity contribution in [3.05, 3.63) is 70.0 Å². The van der Waals surface area contributed by atoms with Crippen LogP contribution in [0.4, 0.5) is 15.8 Å². The summed E-state index contributed by atoms with van der Waals surface area (Å²) in [6.45, 7) is -0.268. The van der Waals surface area contributed by atoms with Crippen molar-refractivity contribution in [1.82, 2.24) is 10.9 Å². The first-order valence-electron chi connectivity index (χ1n) is 6.79. The van der Waals surface area contributed by atoms with Crippen LogP contribution in [0, 0.1) is 15.9 Å². The molecule has 24 heavy (non-hydrogen) atoms. The number of hydrogen-bond acceptors (Lipinski definition) is 5. The molecule has 0 saturated carbocycles. The van der Waals surface area contributed by atoms with Crippen LogP contribution in [0.1, 0.15) is 10.4 Å². The first-order chi connectivity index (χ1) is 11.5. The Morgan fingerprint density at radius 1 is 1.08 bits per heavy atom. The number of nitro benzene ring substituents is 1. The highest BCUT2D eigenvalue weighted by Gasteiger charge is 2.12. The number of carbonyl (C=O) groups is 2. The van der Waals surface area contributed by atoms with Gasteiger partial charge in [0.2, 0.25) is 0 Å². The van der Waals surface area contributed by atoms with Gasteiger partial charge in [-0.2, -0.15) is 0 Å². The highest BCUT2D eigenvalue weighted by molar-refractivity contribution is 5.96. The van der Waals surface area contributed by atoms with E-state index in [4.69, 9.17) is 0 Å². The molecule has 2 rings (SSSR count). The molecule has 0 saturated heterocycles. The molecular formula is C15H13FN4O4. The van der Waals surface area contributed by atoms with E-state index in [0.717, 1.165) is 6.07 Å². The second kappa shape index (κ2) is 7.68. The number of hydrazine groups is 1. The Kier molecular flexibility index (Phi) is 5.40. The summed E-state index contributed by atoms with van der Waals surface area (Å²) in [5, 5.41) is 13.2. The number of nitro groups is 1. The number of nitrogens with one attached hydrogen (secondary N) is 3. The van der Waals surface area contributed by atoms with Gasteiger partial charge in [0.15, 0.2) is 0 Å². The second-order valence-electron chi connectivity index (χ2n) is 4.64. The number of para-hydroxylation sites is 1. The fraction of sp³-hybridized carbons (Fsp3) is 0.0667. The quantitative estimate of drug-likeness (QED) is 0.568. The Morgan fingerprint density at radius 3 is 2.54 bits per heavy atom. The Bertz CT molecular complexity index is 782. The Labute approximate surface area is 135 Å². The van der Waals surface area contributed by atoms with E-state index < -0.39 is 22.6 Å². The molecule has 0 aromatic heterocycles. The topological polar surface area (TPSA) is 113 Å². The van der Waals surface area contributed by atoms with Gasteiger partial charge in [-0.25, -0.2) is 4.39 Å². The minimum atomic E-state index is -0.710. The molecule has 0 atom stereocenters. The van der Waals surface area contributed by atoms with Crippen molar-refractivity contribution >= 4 is 23.2 Å². The van der Waals surface area contributed by atoms with Crippen LogP contribution in [0.25, 0.3) is 0 Å². The van der Waals surface area contributed by atoms with E-state index in [1.807, 2.05) is 0 Å². The van der Waals surface area contributed by atoms with Crippen molar-refractivity contribution in [3.8, 4) is 0 Å². The van der Waals surface area contributed by atoms with E-state index >= 15 is 0 Å². The van der Waals surface area contributed by atoms with Gasteiger partial charge in [-0.15, -0.1) is 0 Å². The first kappa shape index (κ1) is 16.9. The van der Waals surface area contributed by atoms with Crippen LogP contribution in [0.5, 0.6) is 0 Å². The zero-order valence-electron chi connectivity index (χ0n) is 12.3. The van der Waals surface area contributed by atoms with Crippen molar-refractivity contribution in [3.63, 3.8) is 0 Å². The fourth-order valence-electron chi connectivity index (χ4n) is 1.78. The summed E-state index contributed by atoms with van der Waals surface area (Å²) in [5.41, 5.74) is 4.18. The minimum absolute atomic E-state index is 0.0200. The van der Waals surface area contributed by atoms with E-state index in [9.17, 15) is 24.1 Å². The normalized spacial score (nSPS) is 9.88. The van der Waals surface area contributed by atoms with Gasteiger partial charge >= 0.3 is 0 Å². The van der Waals surface area contributed by atoms with Crippen molar-refractivity contribution in [2.75, 3.05) is 11.9 Å². The van der Waals surface area contributed by atoms with Crippen LogP contribution in [0.2, 0.25) is 0 Å². The fourth-order valence-corrected chi connectivity index (χ4v) is 1.78. The molecular weight excluding hydrogens is 319 g/mol. The number of halogens is 1. The van der Waals surface area contributed by atoms with Crippen molar-refractivity contribution in [2.45, 2.75) is 0 Å². The molecule has 9 heteroatoms. The minimum Gasteiger partial charge on any atom is -0.374 e. The van der Waals surface area contributed by atoms with Gasteiger partial charge in [0.25, 0.3) is 17.5 Å². The summed E-state index contributed by atoms with van der Waals surface area (Å²) in [6, 6.07) is 10.9. The number of rotatable bonds is 5.